The van der Waals surface area contributed by atoms with E-state index in [9.17, 15) is 0 Å². The van der Waals surface area contributed by atoms with E-state index in [0.717, 1.165) is 6.54 Å². The van der Waals surface area contributed by atoms with Crippen molar-refractivity contribution in [3.05, 3.63) is 27.7 Å². The fourth-order valence-electron chi connectivity index (χ4n) is 0.431. The van der Waals surface area contributed by atoms with Crippen LogP contribution in [0.25, 0.3) is 0 Å². The van der Waals surface area contributed by atoms with E-state index in [2.05, 4.69) is 18.3 Å². The van der Waals surface area contributed by atoms with E-state index in [1.54, 1.807) is 6.20 Å². The molecule has 0 bridgehead atoms. The molecule has 0 atom stereocenters. The lowest BCUT2D eigenvalue weighted by atomic mass is 10.7. The molecule has 0 saturated carbocycles. The molecule has 1 heterocycles. The Labute approximate surface area is 63.6 Å². The Morgan fingerprint density at radius 3 is 2.45 bits per heavy atom. The zero-order chi connectivity index (χ0) is 8.69. The Bertz CT molecular complexity index is 162. The maximum Gasteiger partial charge on any atom is 0.255 e. The van der Waals surface area contributed by atoms with Gasteiger partial charge in [0.05, 0.1) is 11.6 Å². The van der Waals surface area contributed by atoms with Crippen LogP contribution < -0.4 is 0 Å². The summed E-state index contributed by atoms with van der Waals surface area (Å²) < 4.78 is 0. The highest BCUT2D eigenvalue weighted by molar-refractivity contribution is 5.59. The number of rotatable bonds is 1. The lowest BCUT2D eigenvalue weighted by molar-refractivity contribution is -0.402. The lowest BCUT2D eigenvalue weighted by Crippen LogP contribution is -2.09. The summed E-state index contributed by atoms with van der Waals surface area (Å²) in [5.74, 6) is 0. The van der Waals surface area contributed by atoms with Gasteiger partial charge < -0.3 is 15.3 Å². The number of aliphatic imine (C=N–C) groups is 1. The molecule has 1 aliphatic heterocycles. The summed E-state index contributed by atoms with van der Waals surface area (Å²) in [6.45, 7) is 3.01. The van der Waals surface area contributed by atoms with Crippen LogP contribution in [0.15, 0.2) is 17.4 Å². The van der Waals surface area contributed by atoms with Crippen molar-refractivity contribution in [3.8, 4) is 0 Å². The molecule has 1 aliphatic rings. The number of hydrogen-bond donors (Lipinski definition) is 0. The van der Waals surface area contributed by atoms with Crippen molar-refractivity contribution in [2.24, 2.45) is 4.99 Å². The fourth-order valence-corrected chi connectivity index (χ4v) is 0.431. The van der Waals surface area contributed by atoms with Gasteiger partial charge in [0.2, 0.25) is 6.20 Å². The minimum atomic E-state index is -1.75. The van der Waals surface area contributed by atoms with Crippen LogP contribution in [0.2, 0.25) is 0 Å². The fraction of sp³-hybridized carbons (Fsp3) is 0.400. The first-order valence-electron chi connectivity index (χ1n) is 2.87. The van der Waals surface area contributed by atoms with Gasteiger partial charge in [-0.15, -0.1) is 0 Å². The number of nitrogens with zero attached hydrogens (tertiary/aromatic N) is 3. The molecule has 0 aromatic heterocycles. The summed E-state index contributed by atoms with van der Waals surface area (Å²) in [7, 11) is 0. The van der Waals surface area contributed by atoms with Crippen LogP contribution in [-0.4, -0.2) is 22.9 Å². The summed E-state index contributed by atoms with van der Waals surface area (Å²) >= 11 is 0. The van der Waals surface area contributed by atoms with Crippen molar-refractivity contribution in [2.75, 3.05) is 6.54 Å². The number of hydrogen-bond acceptors (Lipinski definition) is 5. The topological polar surface area (TPSA) is 81.8 Å². The van der Waals surface area contributed by atoms with Crippen molar-refractivity contribution in [2.45, 2.75) is 6.92 Å². The summed E-state index contributed by atoms with van der Waals surface area (Å²) in [5, 5.41) is 14.8. The Kier molecular flexibility index (Phi) is 4.35. The molecule has 11 heavy (non-hydrogen) atoms. The first kappa shape index (κ1) is 9.32. The van der Waals surface area contributed by atoms with Gasteiger partial charge in [0.15, 0.2) is 6.20 Å². The molecule has 0 amide bonds. The van der Waals surface area contributed by atoms with Crippen LogP contribution in [0.1, 0.15) is 6.92 Å². The highest BCUT2D eigenvalue weighted by Gasteiger charge is 2.04. The van der Waals surface area contributed by atoms with E-state index in [1.807, 2.05) is 11.1 Å². The third-order valence-electron chi connectivity index (χ3n) is 0.848. The van der Waals surface area contributed by atoms with E-state index < -0.39 is 5.09 Å². The molecule has 0 spiro atoms. The quantitative estimate of drug-likeness (QED) is 0.314. The van der Waals surface area contributed by atoms with Gasteiger partial charge in [-0.1, -0.05) is 0 Å². The maximum atomic E-state index is 8.25. The van der Waals surface area contributed by atoms with Gasteiger partial charge in [-0.2, -0.15) is 4.90 Å². The molecular weight excluding hydrogens is 150 g/mol. The highest BCUT2D eigenvalue weighted by atomic mass is 16.9. The van der Waals surface area contributed by atoms with Crippen molar-refractivity contribution in [1.82, 2.24) is 4.90 Å². The Balaban J connectivity index is 0.000000218. The van der Waals surface area contributed by atoms with Crippen LogP contribution >= 0.6 is 0 Å². The second-order valence-electron chi connectivity index (χ2n) is 1.54. The second-order valence-corrected chi connectivity index (χ2v) is 1.54. The molecule has 0 radical (unpaired) electrons. The summed E-state index contributed by atoms with van der Waals surface area (Å²) in [6, 6.07) is 0. The molecule has 0 aliphatic carbocycles. The normalized spacial score (nSPS) is 11.9. The molecule has 1 rings (SSSR count). The SMILES string of the molecule is CCN1[C+]=NC=C1.O=[N+]([O-])[O-]. The lowest BCUT2D eigenvalue weighted by Gasteiger charge is -1.90. The first-order valence-corrected chi connectivity index (χ1v) is 2.87. The summed E-state index contributed by atoms with van der Waals surface area (Å²) in [5.41, 5.74) is 0. The third kappa shape index (κ3) is 6.20. The van der Waals surface area contributed by atoms with Gasteiger partial charge in [-0.05, 0) is 11.9 Å². The first-order chi connectivity index (χ1) is 5.16. The monoisotopic (exact) mass is 157 g/mol. The van der Waals surface area contributed by atoms with Gasteiger partial charge >= 0.3 is 0 Å². The maximum absolute atomic E-state index is 8.25. The van der Waals surface area contributed by atoms with Crippen LogP contribution in [0.5, 0.6) is 0 Å². The minimum absolute atomic E-state index is 0.958. The molecule has 0 aromatic rings. The van der Waals surface area contributed by atoms with Gasteiger partial charge in [-0.3, -0.25) is 0 Å². The third-order valence-corrected chi connectivity index (χ3v) is 0.848. The van der Waals surface area contributed by atoms with Crippen LogP contribution in [0, 0.1) is 15.3 Å². The molecule has 0 unspecified atom stereocenters. The van der Waals surface area contributed by atoms with Crippen molar-refractivity contribution >= 4 is 6.34 Å². The van der Waals surface area contributed by atoms with Crippen LogP contribution in [0.4, 0.5) is 0 Å². The molecular formula is C5H7N3O3. The second kappa shape index (κ2) is 5.13. The predicted molar refractivity (Wildman–Crippen MR) is 39.3 cm³/mol. The molecule has 0 aromatic carbocycles. The zero-order valence-electron chi connectivity index (χ0n) is 5.93. The molecule has 0 saturated heterocycles. The molecule has 6 heteroatoms. The van der Waals surface area contributed by atoms with E-state index >= 15 is 0 Å². The van der Waals surface area contributed by atoms with Crippen molar-refractivity contribution in [1.29, 1.82) is 0 Å². The largest absolute Gasteiger partial charge is 0.356 e. The Hall–Kier alpha value is -1.68. The van der Waals surface area contributed by atoms with E-state index in [4.69, 9.17) is 15.3 Å². The van der Waals surface area contributed by atoms with Crippen molar-refractivity contribution in [3.63, 3.8) is 0 Å². The van der Waals surface area contributed by atoms with E-state index in [0.29, 0.717) is 0 Å². The van der Waals surface area contributed by atoms with Crippen molar-refractivity contribution < 1.29 is 5.09 Å². The zero-order valence-corrected chi connectivity index (χ0v) is 5.93. The minimum Gasteiger partial charge on any atom is -0.356 e. The van der Waals surface area contributed by atoms with Gasteiger partial charge in [0, 0.05) is 0 Å². The molecule has 0 fully saturated rings. The standard InChI is InChI=1S/C5H7N2.NO3/c1-2-7-4-3-6-5-7;2-1(3)4/h3-4H,2H2,1H3;/q+1;-1. The van der Waals surface area contributed by atoms with Crippen LogP contribution in [0.3, 0.4) is 0 Å². The average Bonchev–Trinajstić information content (AvgIpc) is 2.36. The molecule has 0 N–H and O–H groups in total. The Morgan fingerprint density at radius 1 is 1.73 bits per heavy atom. The van der Waals surface area contributed by atoms with Gasteiger partial charge in [0.25, 0.3) is 6.34 Å². The molecule has 60 valence electrons. The van der Waals surface area contributed by atoms with Crippen LogP contribution in [-0.2, 0) is 0 Å². The van der Waals surface area contributed by atoms with Gasteiger partial charge in [-0.25, -0.2) is 0 Å². The highest BCUT2D eigenvalue weighted by Crippen LogP contribution is 1.91. The summed E-state index contributed by atoms with van der Waals surface area (Å²) in [4.78, 5) is 13.9. The van der Waals surface area contributed by atoms with E-state index in [1.165, 1.54) is 0 Å². The molecule has 6 nitrogen and oxygen atoms in total. The summed E-state index contributed by atoms with van der Waals surface area (Å²) in [6.07, 6.45) is 6.37. The predicted octanol–water partition coefficient (Wildman–Crippen LogP) is 0.459. The van der Waals surface area contributed by atoms with E-state index in [-0.39, 0.29) is 0 Å². The smallest absolute Gasteiger partial charge is 0.255 e. The van der Waals surface area contributed by atoms with Gasteiger partial charge in [0.1, 0.15) is 0 Å². The average molecular weight is 157 g/mol. The Morgan fingerprint density at radius 2 is 2.27 bits per heavy atom.